The number of rotatable bonds is 2. The lowest BCUT2D eigenvalue weighted by Gasteiger charge is -2.11. The van der Waals surface area contributed by atoms with Gasteiger partial charge in [0.15, 0.2) is 0 Å². The van der Waals surface area contributed by atoms with Crippen molar-refractivity contribution in [1.82, 2.24) is 4.98 Å². The lowest BCUT2D eigenvalue weighted by molar-refractivity contribution is 0.353. The predicted molar refractivity (Wildman–Crippen MR) is 71.5 cm³/mol. The zero-order valence-electron chi connectivity index (χ0n) is 10.4. The molecular formula is C15H16N2O. The minimum Gasteiger partial charge on any atom is -0.493 e. The first-order valence-electron chi connectivity index (χ1n) is 6.19. The van der Waals surface area contributed by atoms with Crippen LogP contribution in [-0.2, 0) is 13.0 Å². The van der Waals surface area contributed by atoms with E-state index in [0.717, 1.165) is 24.3 Å². The molecule has 0 radical (unpaired) electrons. The molecule has 1 aliphatic rings. The van der Waals surface area contributed by atoms with Crippen molar-refractivity contribution in [3.05, 3.63) is 47.3 Å². The topological polar surface area (TPSA) is 48.1 Å². The van der Waals surface area contributed by atoms with Crippen molar-refractivity contribution in [3.63, 3.8) is 0 Å². The number of fused-ring (bicyclic) bond motifs is 1. The molecule has 1 aliphatic heterocycles. The zero-order valence-corrected chi connectivity index (χ0v) is 10.4. The zero-order chi connectivity index (χ0) is 12.5. The Balaban J connectivity index is 2.17. The second kappa shape index (κ2) is 4.42. The summed E-state index contributed by atoms with van der Waals surface area (Å²) in [6, 6.07) is 6.39. The first-order chi connectivity index (χ1) is 8.79. The summed E-state index contributed by atoms with van der Waals surface area (Å²) in [5.41, 5.74) is 11.8. The highest BCUT2D eigenvalue weighted by atomic mass is 16.5. The smallest absolute Gasteiger partial charge is 0.127 e. The molecule has 2 aromatic rings. The molecule has 0 aliphatic carbocycles. The number of nitrogens with two attached hydrogens (primary N) is 1. The van der Waals surface area contributed by atoms with Crippen molar-refractivity contribution in [2.75, 3.05) is 6.61 Å². The first-order valence-corrected chi connectivity index (χ1v) is 6.19. The van der Waals surface area contributed by atoms with Crippen LogP contribution in [0.15, 0.2) is 30.6 Å². The Kier molecular flexibility index (Phi) is 2.76. The quantitative estimate of drug-likeness (QED) is 0.877. The van der Waals surface area contributed by atoms with E-state index in [9.17, 15) is 0 Å². The van der Waals surface area contributed by atoms with Gasteiger partial charge in [-0.3, -0.25) is 4.98 Å². The Morgan fingerprint density at radius 2 is 2.28 bits per heavy atom. The summed E-state index contributed by atoms with van der Waals surface area (Å²) in [6.07, 6.45) is 4.69. The van der Waals surface area contributed by atoms with Crippen LogP contribution >= 0.6 is 0 Å². The maximum absolute atomic E-state index is 5.82. The second-order valence-corrected chi connectivity index (χ2v) is 4.62. The number of pyridine rings is 1. The van der Waals surface area contributed by atoms with Gasteiger partial charge in [-0.2, -0.15) is 0 Å². The fourth-order valence-corrected chi connectivity index (χ4v) is 2.49. The van der Waals surface area contributed by atoms with Crippen LogP contribution in [0.3, 0.4) is 0 Å². The summed E-state index contributed by atoms with van der Waals surface area (Å²) in [5, 5.41) is 0. The Bertz CT molecular complexity index is 593. The molecule has 2 N–H and O–H groups in total. The molecule has 3 nitrogen and oxygen atoms in total. The Labute approximate surface area is 107 Å². The van der Waals surface area contributed by atoms with E-state index in [2.05, 4.69) is 24.0 Å². The monoisotopic (exact) mass is 240 g/mol. The number of aromatic nitrogens is 1. The van der Waals surface area contributed by atoms with E-state index in [1.807, 2.05) is 18.5 Å². The molecule has 92 valence electrons. The molecular weight excluding hydrogens is 224 g/mol. The minimum absolute atomic E-state index is 0.514. The third kappa shape index (κ3) is 1.77. The number of nitrogens with zero attached hydrogens (tertiary/aromatic N) is 1. The van der Waals surface area contributed by atoms with Crippen molar-refractivity contribution in [1.29, 1.82) is 0 Å². The van der Waals surface area contributed by atoms with Crippen molar-refractivity contribution in [2.24, 2.45) is 5.73 Å². The average molecular weight is 240 g/mol. The SMILES string of the molecule is Cc1cnccc1-c1cc(CN)c2c(c1)CCO2. The summed E-state index contributed by atoms with van der Waals surface area (Å²) in [7, 11) is 0. The molecule has 18 heavy (non-hydrogen) atoms. The van der Waals surface area contributed by atoms with E-state index in [-0.39, 0.29) is 0 Å². The van der Waals surface area contributed by atoms with E-state index >= 15 is 0 Å². The fraction of sp³-hybridized carbons (Fsp3) is 0.267. The molecule has 0 amide bonds. The minimum atomic E-state index is 0.514. The molecule has 1 aromatic carbocycles. The molecule has 0 saturated carbocycles. The van der Waals surface area contributed by atoms with Gasteiger partial charge in [0, 0.05) is 30.9 Å². The van der Waals surface area contributed by atoms with E-state index < -0.39 is 0 Å². The Hall–Kier alpha value is -1.87. The van der Waals surface area contributed by atoms with Crippen LogP contribution in [0, 0.1) is 6.92 Å². The molecule has 3 rings (SSSR count). The third-order valence-electron chi connectivity index (χ3n) is 3.41. The van der Waals surface area contributed by atoms with Gasteiger partial charge in [0.25, 0.3) is 0 Å². The predicted octanol–water partition coefficient (Wildman–Crippen LogP) is 2.45. The first kappa shape index (κ1) is 11.2. The van der Waals surface area contributed by atoms with Crippen LogP contribution in [0.5, 0.6) is 5.75 Å². The largest absolute Gasteiger partial charge is 0.493 e. The molecule has 0 saturated heterocycles. The van der Waals surface area contributed by atoms with Gasteiger partial charge in [-0.15, -0.1) is 0 Å². The summed E-state index contributed by atoms with van der Waals surface area (Å²) < 4.78 is 5.65. The van der Waals surface area contributed by atoms with E-state index in [1.54, 1.807) is 0 Å². The van der Waals surface area contributed by atoms with Gasteiger partial charge in [-0.25, -0.2) is 0 Å². The van der Waals surface area contributed by atoms with Crippen molar-refractivity contribution in [2.45, 2.75) is 19.9 Å². The second-order valence-electron chi connectivity index (χ2n) is 4.62. The van der Waals surface area contributed by atoms with E-state index in [1.165, 1.54) is 22.3 Å². The number of hydrogen-bond donors (Lipinski definition) is 1. The lowest BCUT2D eigenvalue weighted by Crippen LogP contribution is -2.00. The summed E-state index contributed by atoms with van der Waals surface area (Å²) in [5.74, 6) is 0.993. The lowest BCUT2D eigenvalue weighted by atomic mass is 9.96. The van der Waals surface area contributed by atoms with Crippen LogP contribution in [0.2, 0.25) is 0 Å². The molecule has 0 bridgehead atoms. The van der Waals surface area contributed by atoms with Crippen molar-refractivity contribution in [3.8, 4) is 16.9 Å². The highest BCUT2D eigenvalue weighted by Gasteiger charge is 2.17. The summed E-state index contributed by atoms with van der Waals surface area (Å²) in [6.45, 7) is 3.36. The van der Waals surface area contributed by atoms with Gasteiger partial charge in [-0.05, 0) is 47.4 Å². The molecule has 0 spiro atoms. The molecule has 1 aromatic heterocycles. The molecule has 0 fully saturated rings. The maximum Gasteiger partial charge on any atom is 0.127 e. The fourth-order valence-electron chi connectivity index (χ4n) is 2.49. The van der Waals surface area contributed by atoms with Gasteiger partial charge < -0.3 is 10.5 Å². The van der Waals surface area contributed by atoms with Crippen LogP contribution in [0.25, 0.3) is 11.1 Å². The van der Waals surface area contributed by atoms with Crippen LogP contribution < -0.4 is 10.5 Å². The number of ether oxygens (including phenoxy) is 1. The van der Waals surface area contributed by atoms with Crippen LogP contribution in [-0.4, -0.2) is 11.6 Å². The van der Waals surface area contributed by atoms with Crippen LogP contribution in [0.4, 0.5) is 0 Å². The third-order valence-corrected chi connectivity index (χ3v) is 3.41. The van der Waals surface area contributed by atoms with Gasteiger partial charge in [0.05, 0.1) is 6.61 Å². The maximum atomic E-state index is 5.82. The average Bonchev–Trinajstić information content (AvgIpc) is 2.86. The van der Waals surface area contributed by atoms with Crippen molar-refractivity contribution >= 4 is 0 Å². The molecule has 0 unspecified atom stereocenters. The van der Waals surface area contributed by atoms with E-state index in [4.69, 9.17) is 10.5 Å². The number of hydrogen-bond acceptors (Lipinski definition) is 3. The standard InChI is InChI=1S/C15H16N2O/c1-10-9-17-4-2-14(10)12-6-11-3-5-18-15(11)13(7-12)8-16/h2,4,6-7,9H,3,5,8,16H2,1H3. The molecule has 3 heteroatoms. The van der Waals surface area contributed by atoms with Gasteiger partial charge in [-0.1, -0.05) is 0 Å². The van der Waals surface area contributed by atoms with Gasteiger partial charge in [0.2, 0.25) is 0 Å². The molecule has 0 atom stereocenters. The Morgan fingerprint density at radius 1 is 1.39 bits per heavy atom. The number of aryl methyl sites for hydroxylation is 1. The van der Waals surface area contributed by atoms with E-state index in [0.29, 0.717) is 6.54 Å². The summed E-state index contributed by atoms with van der Waals surface area (Å²) >= 11 is 0. The highest BCUT2D eigenvalue weighted by molar-refractivity contribution is 5.70. The summed E-state index contributed by atoms with van der Waals surface area (Å²) in [4.78, 5) is 4.14. The molecule has 2 heterocycles. The van der Waals surface area contributed by atoms with Crippen LogP contribution in [0.1, 0.15) is 16.7 Å². The normalized spacial score (nSPS) is 13.2. The Morgan fingerprint density at radius 3 is 3.06 bits per heavy atom. The van der Waals surface area contributed by atoms with Gasteiger partial charge >= 0.3 is 0 Å². The van der Waals surface area contributed by atoms with Crippen molar-refractivity contribution < 1.29 is 4.74 Å². The number of benzene rings is 1. The highest BCUT2D eigenvalue weighted by Crippen LogP contribution is 2.35. The van der Waals surface area contributed by atoms with Gasteiger partial charge in [0.1, 0.15) is 5.75 Å².